The van der Waals surface area contributed by atoms with E-state index in [0.29, 0.717) is 12.8 Å². The summed E-state index contributed by atoms with van der Waals surface area (Å²) in [6, 6.07) is 0. The maximum atomic E-state index is 11.7. The Morgan fingerprint density at radius 1 is 1.40 bits per heavy atom. The van der Waals surface area contributed by atoms with Crippen LogP contribution >= 0.6 is 0 Å². The van der Waals surface area contributed by atoms with E-state index in [2.05, 4.69) is 0 Å². The SMILES string of the molecule is CCC(C)(C)C(=O)OCC(=O)OC1(C)CCOC(=O)C1. The number of hydrogen-bond acceptors (Lipinski definition) is 6. The maximum absolute atomic E-state index is 11.7. The molecule has 0 aromatic rings. The van der Waals surface area contributed by atoms with Crippen LogP contribution in [0.2, 0.25) is 0 Å². The van der Waals surface area contributed by atoms with Gasteiger partial charge in [-0.05, 0) is 27.2 Å². The van der Waals surface area contributed by atoms with Crippen LogP contribution in [0.1, 0.15) is 47.0 Å². The second-order valence-corrected chi connectivity index (χ2v) is 5.88. The second kappa shape index (κ2) is 6.24. The molecule has 6 nitrogen and oxygen atoms in total. The fourth-order valence-corrected chi connectivity index (χ4v) is 1.68. The van der Waals surface area contributed by atoms with Crippen LogP contribution in [-0.4, -0.2) is 36.7 Å². The molecule has 6 heteroatoms. The second-order valence-electron chi connectivity index (χ2n) is 5.88. The fourth-order valence-electron chi connectivity index (χ4n) is 1.68. The largest absolute Gasteiger partial charge is 0.465 e. The van der Waals surface area contributed by atoms with Crippen molar-refractivity contribution in [3.05, 3.63) is 0 Å². The Hall–Kier alpha value is -1.59. The molecule has 114 valence electrons. The monoisotopic (exact) mass is 286 g/mol. The van der Waals surface area contributed by atoms with E-state index in [1.165, 1.54) is 0 Å². The Kier molecular flexibility index (Phi) is 5.14. The number of hydrogen-bond donors (Lipinski definition) is 0. The van der Waals surface area contributed by atoms with Crippen molar-refractivity contribution in [3.8, 4) is 0 Å². The van der Waals surface area contributed by atoms with Crippen molar-refractivity contribution in [3.63, 3.8) is 0 Å². The minimum atomic E-state index is -0.876. The average Bonchev–Trinajstić information content (AvgIpc) is 2.34. The zero-order chi connectivity index (χ0) is 15.4. The first kappa shape index (κ1) is 16.5. The van der Waals surface area contributed by atoms with Gasteiger partial charge in [0.15, 0.2) is 6.61 Å². The van der Waals surface area contributed by atoms with E-state index < -0.39 is 35.5 Å². The third-order valence-electron chi connectivity index (χ3n) is 3.53. The van der Waals surface area contributed by atoms with Crippen LogP contribution in [0.4, 0.5) is 0 Å². The van der Waals surface area contributed by atoms with Gasteiger partial charge in [-0.2, -0.15) is 0 Å². The van der Waals surface area contributed by atoms with Crippen molar-refractivity contribution in [1.82, 2.24) is 0 Å². The number of cyclic esters (lactones) is 1. The van der Waals surface area contributed by atoms with Gasteiger partial charge in [-0.15, -0.1) is 0 Å². The van der Waals surface area contributed by atoms with Crippen molar-refractivity contribution >= 4 is 17.9 Å². The van der Waals surface area contributed by atoms with Gasteiger partial charge >= 0.3 is 17.9 Å². The molecule has 1 rings (SSSR count). The summed E-state index contributed by atoms with van der Waals surface area (Å²) in [4.78, 5) is 34.6. The van der Waals surface area contributed by atoms with Gasteiger partial charge < -0.3 is 14.2 Å². The third kappa shape index (κ3) is 4.51. The molecule has 0 aromatic carbocycles. The molecule has 0 saturated carbocycles. The first-order chi connectivity index (χ1) is 9.18. The maximum Gasteiger partial charge on any atom is 0.344 e. The molecule has 1 heterocycles. The Morgan fingerprint density at radius 3 is 2.60 bits per heavy atom. The van der Waals surface area contributed by atoms with Crippen molar-refractivity contribution < 1.29 is 28.6 Å². The smallest absolute Gasteiger partial charge is 0.344 e. The summed E-state index contributed by atoms with van der Waals surface area (Å²) in [6.45, 7) is 6.83. The Morgan fingerprint density at radius 2 is 2.05 bits per heavy atom. The highest BCUT2D eigenvalue weighted by molar-refractivity contribution is 5.80. The van der Waals surface area contributed by atoms with Gasteiger partial charge in [0.05, 0.1) is 18.4 Å². The Labute approximate surface area is 118 Å². The van der Waals surface area contributed by atoms with Gasteiger partial charge in [-0.25, -0.2) is 4.79 Å². The molecule has 0 radical (unpaired) electrons. The summed E-state index contributed by atoms with van der Waals surface area (Å²) in [5, 5.41) is 0. The molecule has 1 unspecified atom stereocenters. The van der Waals surface area contributed by atoms with Gasteiger partial charge in [0.1, 0.15) is 5.60 Å². The number of carbonyl (C=O) groups is 3. The molecule has 1 fully saturated rings. The van der Waals surface area contributed by atoms with Gasteiger partial charge in [0.2, 0.25) is 0 Å². The number of rotatable bonds is 5. The van der Waals surface area contributed by atoms with Gasteiger partial charge in [0, 0.05) is 6.42 Å². The highest BCUT2D eigenvalue weighted by atomic mass is 16.6. The highest BCUT2D eigenvalue weighted by Crippen LogP contribution is 2.26. The van der Waals surface area contributed by atoms with Crippen LogP contribution in [0.3, 0.4) is 0 Å². The number of ether oxygens (including phenoxy) is 3. The molecule has 20 heavy (non-hydrogen) atoms. The lowest BCUT2D eigenvalue weighted by atomic mass is 9.91. The predicted octanol–water partition coefficient (Wildman–Crippen LogP) is 1.60. The number of esters is 3. The summed E-state index contributed by atoms with van der Waals surface area (Å²) in [6.07, 6.45) is 1.08. The van der Waals surface area contributed by atoms with Crippen molar-refractivity contribution in [1.29, 1.82) is 0 Å². The molecule has 0 spiro atoms. The van der Waals surface area contributed by atoms with Crippen LogP contribution in [0.15, 0.2) is 0 Å². The van der Waals surface area contributed by atoms with E-state index >= 15 is 0 Å². The van der Waals surface area contributed by atoms with E-state index in [1.807, 2.05) is 6.92 Å². The van der Waals surface area contributed by atoms with Gasteiger partial charge in [0.25, 0.3) is 0 Å². The highest BCUT2D eigenvalue weighted by Gasteiger charge is 2.36. The lowest BCUT2D eigenvalue weighted by molar-refractivity contribution is -0.182. The van der Waals surface area contributed by atoms with E-state index in [9.17, 15) is 14.4 Å². The first-order valence-corrected chi connectivity index (χ1v) is 6.73. The minimum absolute atomic E-state index is 0.0210. The molecule has 0 aliphatic carbocycles. The molecular formula is C14H22O6. The predicted molar refractivity (Wildman–Crippen MR) is 69.7 cm³/mol. The zero-order valence-electron chi connectivity index (χ0n) is 12.5. The standard InChI is InChI=1S/C14H22O6/c1-5-13(2,3)12(17)19-9-11(16)20-14(4)6-7-18-10(15)8-14/h5-9H2,1-4H3. The normalized spacial score (nSPS) is 22.9. The van der Waals surface area contributed by atoms with E-state index in [4.69, 9.17) is 14.2 Å². The van der Waals surface area contributed by atoms with E-state index in [1.54, 1.807) is 20.8 Å². The molecular weight excluding hydrogens is 264 g/mol. The lowest BCUT2D eigenvalue weighted by Crippen LogP contribution is -2.41. The molecule has 1 aliphatic heterocycles. The van der Waals surface area contributed by atoms with Crippen molar-refractivity contribution in [2.45, 2.75) is 52.6 Å². The van der Waals surface area contributed by atoms with Crippen molar-refractivity contribution in [2.24, 2.45) is 5.41 Å². The average molecular weight is 286 g/mol. The van der Waals surface area contributed by atoms with Crippen LogP contribution < -0.4 is 0 Å². The molecule has 0 aromatic heterocycles. The topological polar surface area (TPSA) is 78.9 Å². The van der Waals surface area contributed by atoms with Crippen LogP contribution in [0, 0.1) is 5.41 Å². The zero-order valence-corrected chi connectivity index (χ0v) is 12.5. The van der Waals surface area contributed by atoms with Crippen LogP contribution in [0.5, 0.6) is 0 Å². The summed E-state index contributed by atoms with van der Waals surface area (Å²) in [5.41, 5.74) is -1.50. The van der Waals surface area contributed by atoms with Crippen molar-refractivity contribution in [2.75, 3.05) is 13.2 Å². The summed E-state index contributed by atoms with van der Waals surface area (Å²) in [5.74, 6) is -1.48. The lowest BCUT2D eigenvalue weighted by Gasteiger charge is -2.32. The third-order valence-corrected chi connectivity index (χ3v) is 3.53. The molecule has 0 amide bonds. The molecule has 1 saturated heterocycles. The van der Waals surface area contributed by atoms with Gasteiger partial charge in [-0.3, -0.25) is 9.59 Å². The summed E-state index contributed by atoms with van der Waals surface area (Å²) >= 11 is 0. The van der Waals surface area contributed by atoms with E-state index in [-0.39, 0.29) is 13.0 Å². The Bertz CT molecular complexity index is 400. The van der Waals surface area contributed by atoms with Gasteiger partial charge in [-0.1, -0.05) is 6.92 Å². The molecule has 1 aliphatic rings. The summed E-state index contributed by atoms with van der Waals surface area (Å²) < 4.78 is 15.0. The Balaban J connectivity index is 2.44. The molecule has 0 N–H and O–H groups in total. The fraction of sp³-hybridized carbons (Fsp3) is 0.786. The quantitative estimate of drug-likeness (QED) is 0.564. The molecule has 1 atom stereocenters. The summed E-state index contributed by atoms with van der Waals surface area (Å²) in [7, 11) is 0. The number of carbonyl (C=O) groups excluding carboxylic acids is 3. The molecule has 0 bridgehead atoms. The van der Waals surface area contributed by atoms with E-state index in [0.717, 1.165) is 0 Å². The first-order valence-electron chi connectivity index (χ1n) is 6.73. The van der Waals surface area contributed by atoms with Crippen LogP contribution in [0.25, 0.3) is 0 Å². The minimum Gasteiger partial charge on any atom is -0.465 e. The van der Waals surface area contributed by atoms with Crippen LogP contribution in [-0.2, 0) is 28.6 Å².